The molecule has 1 aromatic heterocycles. The smallest absolute Gasteiger partial charge is 0.231 e. The lowest BCUT2D eigenvalue weighted by Gasteiger charge is -2.07. The van der Waals surface area contributed by atoms with Crippen LogP contribution in [-0.2, 0) is 9.59 Å². The summed E-state index contributed by atoms with van der Waals surface area (Å²) in [5, 5.41) is 2.79. The van der Waals surface area contributed by atoms with E-state index in [0.29, 0.717) is 0 Å². The van der Waals surface area contributed by atoms with E-state index in [1.165, 1.54) is 6.92 Å². The summed E-state index contributed by atoms with van der Waals surface area (Å²) in [7, 11) is 0. The van der Waals surface area contributed by atoms with Crippen LogP contribution in [0.1, 0.15) is 25.8 Å². The largest absolute Gasteiger partial charge is 0.325 e. The number of carbonyl (C=O) groups excluding carboxylic acids is 2. The number of aromatic nitrogens is 1. The number of nitrogens with one attached hydrogen (secondary N) is 1. The van der Waals surface area contributed by atoms with E-state index in [2.05, 4.69) is 17.2 Å². The molecule has 0 aliphatic carbocycles. The van der Waals surface area contributed by atoms with Crippen LogP contribution < -0.4 is 5.32 Å². The summed E-state index contributed by atoms with van der Waals surface area (Å²) >= 11 is 3.33. The molecular formula is C14H16N2O2S2. The van der Waals surface area contributed by atoms with Crippen molar-refractivity contribution in [1.29, 1.82) is 0 Å². The van der Waals surface area contributed by atoms with E-state index in [1.54, 1.807) is 23.1 Å². The third kappa shape index (κ3) is 3.58. The van der Waals surface area contributed by atoms with Crippen LogP contribution in [0, 0.1) is 6.92 Å². The number of aryl methyl sites for hydroxylation is 1. The van der Waals surface area contributed by atoms with Gasteiger partial charge in [-0.05, 0) is 37.3 Å². The molecule has 20 heavy (non-hydrogen) atoms. The van der Waals surface area contributed by atoms with Gasteiger partial charge in [0.1, 0.15) is 5.78 Å². The zero-order valence-electron chi connectivity index (χ0n) is 11.6. The van der Waals surface area contributed by atoms with Crippen LogP contribution in [0.5, 0.6) is 0 Å². The highest BCUT2D eigenvalue weighted by molar-refractivity contribution is 8.01. The third-order valence-corrected chi connectivity index (χ3v) is 4.71. The van der Waals surface area contributed by atoms with E-state index in [4.69, 9.17) is 0 Å². The van der Waals surface area contributed by atoms with E-state index < -0.39 is 0 Å². The fourth-order valence-electron chi connectivity index (χ4n) is 1.80. The molecule has 106 valence electrons. The molecule has 6 heteroatoms. The first-order valence-electron chi connectivity index (χ1n) is 6.33. The monoisotopic (exact) mass is 308 g/mol. The van der Waals surface area contributed by atoms with Crippen molar-refractivity contribution in [3.05, 3.63) is 17.7 Å². The van der Waals surface area contributed by atoms with Gasteiger partial charge in [0.15, 0.2) is 4.34 Å². The Hall–Kier alpha value is -1.40. The van der Waals surface area contributed by atoms with Gasteiger partial charge in [0.25, 0.3) is 0 Å². The molecule has 0 saturated carbocycles. The number of anilines is 1. The molecule has 4 nitrogen and oxygen atoms in total. The predicted molar refractivity (Wildman–Crippen MR) is 84.7 cm³/mol. The number of rotatable bonds is 5. The predicted octanol–water partition coefficient (Wildman–Crippen LogP) is 3.63. The lowest BCUT2D eigenvalue weighted by atomic mass is 10.2. The first-order chi connectivity index (χ1) is 9.49. The van der Waals surface area contributed by atoms with Crippen molar-refractivity contribution >= 4 is 50.7 Å². The molecule has 0 saturated heterocycles. The van der Waals surface area contributed by atoms with E-state index in [1.807, 2.05) is 19.1 Å². The maximum absolute atomic E-state index is 11.7. The average molecular weight is 308 g/mol. The van der Waals surface area contributed by atoms with Gasteiger partial charge in [-0.3, -0.25) is 9.59 Å². The maximum Gasteiger partial charge on any atom is 0.231 e. The molecule has 0 unspecified atom stereocenters. The minimum absolute atomic E-state index is 0.0862. The van der Waals surface area contributed by atoms with Crippen LogP contribution in [0.2, 0.25) is 0 Å². The van der Waals surface area contributed by atoms with E-state index >= 15 is 0 Å². The number of hydrogen-bond donors (Lipinski definition) is 1. The SMILES string of the molecule is CCSc1nc2cc(C)c(NC(=O)CC(C)=O)cc2s1. The number of nitrogens with zero attached hydrogens (tertiary/aromatic N) is 1. The fraction of sp³-hybridized carbons (Fsp3) is 0.357. The van der Waals surface area contributed by atoms with Crippen LogP contribution in [-0.4, -0.2) is 22.4 Å². The van der Waals surface area contributed by atoms with Crippen LogP contribution in [0.4, 0.5) is 5.69 Å². The molecule has 0 aliphatic rings. The number of carbonyl (C=O) groups is 2. The van der Waals surface area contributed by atoms with Gasteiger partial charge in [-0.25, -0.2) is 4.98 Å². The molecule has 0 atom stereocenters. The van der Waals surface area contributed by atoms with Crippen LogP contribution in [0.25, 0.3) is 10.2 Å². The van der Waals surface area contributed by atoms with Crippen molar-refractivity contribution in [3.63, 3.8) is 0 Å². The number of thioether (sulfide) groups is 1. The fourth-order valence-corrected chi connectivity index (χ4v) is 3.78. The normalized spacial score (nSPS) is 10.8. The van der Waals surface area contributed by atoms with Crippen molar-refractivity contribution in [1.82, 2.24) is 4.98 Å². The molecule has 1 N–H and O–H groups in total. The molecule has 0 bridgehead atoms. The molecule has 2 aromatic rings. The maximum atomic E-state index is 11.7. The lowest BCUT2D eigenvalue weighted by Crippen LogP contribution is -2.15. The zero-order valence-corrected chi connectivity index (χ0v) is 13.3. The molecule has 1 heterocycles. The molecule has 1 aromatic carbocycles. The number of fused-ring (bicyclic) bond motifs is 1. The molecular weight excluding hydrogens is 292 g/mol. The topological polar surface area (TPSA) is 59.1 Å². The Morgan fingerprint density at radius 2 is 2.15 bits per heavy atom. The van der Waals surface area contributed by atoms with Crippen LogP contribution >= 0.6 is 23.1 Å². The Labute approximate surface area is 126 Å². The molecule has 0 aliphatic heterocycles. The second-order valence-electron chi connectivity index (χ2n) is 4.47. The molecule has 2 rings (SSSR count). The number of amides is 1. The number of Topliss-reactive ketones (excluding diaryl/α,β-unsaturated/α-hetero) is 1. The lowest BCUT2D eigenvalue weighted by molar-refractivity contribution is -0.124. The summed E-state index contributed by atoms with van der Waals surface area (Å²) in [6.45, 7) is 5.43. The van der Waals surface area contributed by atoms with Crippen molar-refractivity contribution in [2.75, 3.05) is 11.1 Å². The highest BCUT2D eigenvalue weighted by Gasteiger charge is 2.11. The average Bonchev–Trinajstić information content (AvgIpc) is 2.70. The minimum atomic E-state index is -0.271. The summed E-state index contributed by atoms with van der Waals surface area (Å²) in [6, 6.07) is 3.90. The van der Waals surface area contributed by atoms with Gasteiger partial charge < -0.3 is 5.32 Å². The zero-order chi connectivity index (χ0) is 14.7. The number of hydrogen-bond acceptors (Lipinski definition) is 5. The van der Waals surface area contributed by atoms with Crippen molar-refractivity contribution in [3.8, 4) is 0 Å². The van der Waals surface area contributed by atoms with E-state index in [-0.39, 0.29) is 18.1 Å². The first-order valence-corrected chi connectivity index (χ1v) is 8.13. The summed E-state index contributed by atoms with van der Waals surface area (Å²) in [5.74, 6) is 0.578. The second kappa shape index (κ2) is 6.37. The second-order valence-corrected chi connectivity index (χ2v) is 7.02. The summed E-state index contributed by atoms with van der Waals surface area (Å²) in [6.07, 6.45) is -0.0862. The Bertz CT molecular complexity index is 664. The number of thiazole rings is 1. The summed E-state index contributed by atoms with van der Waals surface area (Å²) in [5.41, 5.74) is 2.65. The number of ketones is 1. The van der Waals surface area contributed by atoms with Crippen molar-refractivity contribution in [2.45, 2.75) is 31.5 Å². The quantitative estimate of drug-likeness (QED) is 0.677. The Balaban J connectivity index is 2.27. The Kier molecular flexibility index (Phi) is 4.77. The van der Waals surface area contributed by atoms with Crippen molar-refractivity contribution < 1.29 is 9.59 Å². The molecule has 0 radical (unpaired) electrons. The standard InChI is InChI=1S/C14H16N2O2S2/c1-4-19-14-16-11-5-8(2)10(7-12(11)20-14)15-13(18)6-9(3)17/h5,7H,4,6H2,1-3H3,(H,15,18). The van der Waals surface area contributed by atoms with Gasteiger partial charge in [0.2, 0.25) is 5.91 Å². The highest BCUT2D eigenvalue weighted by atomic mass is 32.2. The Morgan fingerprint density at radius 1 is 1.40 bits per heavy atom. The van der Waals surface area contributed by atoms with Gasteiger partial charge in [0, 0.05) is 5.69 Å². The minimum Gasteiger partial charge on any atom is -0.325 e. The summed E-state index contributed by atoms with van der Waals surface area (Å²) in [4.78, 5) is 27.2. The Morgan fingerprint density at radius 3 is 2.80 bits per heavy atom. The molecule has 0 fully saturated rings. The molecule has 1 amide bonds. The van der Waals surface area contributed by atoms with Gasteiger partial charge in [-0.2, -0.15) is 0 Å². The van der Waals surface area contributed by atoms with Crippen LogP contribution in [0.3, 0.4) is 0 Å². The van der Waals surface area contributed by atoms with Gasteiger partial charge in [0.05, 0.1) is 16.6 Å². The first kappa shape index (κ1) is 15.0. The third-order valence-electron chi connectivity index (χ3n) is 2.67. The highest BCUT2D eigenvalue weighted by Crippen LogP contribution is 2.32. The number of benzene rings is 1. The van der Waals surface area contributed by atoms with Gasteiger partial charge >= 0.3 is 0 Å². The van der Waals surface area contributed by atoms with E-state index in [9.17, 15) is 9.59 Å². The van der Waals surface area contributed by atoms with E-state index in [0.717, 1.165) is 31.6 Å². The molecule has 0 spiro atoms. The summed E-state index contributed by atoms with van der Waals surface area (Å²) < 4.78 is 2.08. The van der Waals surface area contributed by atoms with Gasteiger partial charge in [-0.1, -0.05) is 18.7 Å². The van der Waals surface area contributed by atoms with Crippen molar-refractivity contribution in [2.24, 2.45) is 0 Å². The van der Waals surface area contributed by atoms with Crippen LogP contribution in [0.15, 0.2) is 16.5 Å². The van der Waals surface area contributed by atoms with Gasteiger partial charge in [-0.15, -0.1) is 11.3 Å².